The third kappa shape index (κ3) is 5.90. The summed E-state index contributed by atoms with van der Waals surface area (Å²) in [5, 5.41) is 10.1. The van der Waals surface area contributed by atoms with Crippen molar-refractivity contribution in [1.29, 1.82) is 0 Å². The van der Waals surface area contributed by atoms with Gasteiger partial charge >= 0.3 is 12.1 Å². The number of esters is 1. The monoisotopic (exact) mass is 341 g/mol. The van der Waals surface area contributed by atoms with Gasteiger partial charge in [-0.1, -0.05) is 0 Å². The van der Waals surface area contributed by atoms with Gasteiger partial charge in [-0.2, -0.15) is 5.10 Å². The summed E-state index contributed by atoms with van der Waals surface area (Å²) in [4.78, 5) is 25.0. The zero-order chi connectivity index (χ0) is 17.4. The fraction of sp³-hybridized carbons (Fsp3) is 0.533. The Labute approximate surface area is 140 Å². The van der Waals surface area contributed by atoms with Gasteiger partial charge in [-0.3, -0.25) is 10.3 Å². The summed E-state index contributed by atoms with van der Waals surface area (Å²) in [6.07, 6.45) is -0.162. The highest BCUT2D eigenvalue weighted by Crippen LogP contribution is 2.26. The van der Waals surface area contributed by atoms with Crippen molar-refractivity contribution in [2.24, 2.45) is 5.10 Å². The van der Waals surface area contributed by atoms with Crippen molar-refractivity contribution in [3.63, 3.8) is 0 Å². The molecule has 7 nitrogen and oxygen atoms in total. The summed E-state index contributed by atoms with van der Waals surface area (Å²) in [7, 11) is 1.68. The lowest BCUT2D eigenvalue weighted by atomic mass is 10.3. The molecule has 1 heterocycles. The van der Waals surface area contributed by atoms with E-state index in [4.69, 9.17) is 9.47 Å². The summed E-state index contributed by atoms with van der Waals surface area (Å²) >= 11 is 1.53. The minimum absolute atomic E-state index is 0.109. The van der Waals surface area contributed by atoms with Crippen molar-refractivity contribution in [2.45, 2.75) is 33.8 Å². The van der Waals surface area contributed by atoms with Crippen LogP contribution in [-0.4, -0.2) is 49.6 Å². The van der Waals surface area contributed by atoms with Crippen LogP contribution in [0.1, 0.15) is 24.3 Å². The molecule has 0 saturated carbocycles. The lowest BCUT2D eigenvalue weighted by Crippen LogP contribution is -2.38. The SMILES string of the molecule is C/C=N\N(C)CC(OC(=O)Nc1c(C)csc1C)C(=O)OCC. The first-order chi connectivity index (χ1) is 10.9. The van der Waals surface area contributed by atoms with Gasteiger partial charge in [0.1, 0.15) is 0 Å². The van der Waals surface area contributed by atoms with Crippen LogP contribution < -0.4 is 5.32 Å². The highest BCUT2D eigenvalue weighted by Gasteiger charge is 2.26. The van der Waals surface area contributed by atoms with Gasteiger partial charge < -0.3 is 9.47 Å². The largest absolute Gasteiger partial charge is 0.463 e. The maximum Gasteiger partial charge on any atom is 0.412 e. The molecule has 0 aliphatic carbocycles. The number of hydrogen-bond acceptors (Lipinski definition) is 7. The number of rotatable bonds is 7. The van der Waals surface area contributed by atoms with E-state index in [0.29, 0.717) is 5.69 Å². The zero-order valence-electron chi connectivity index (χ0n) is 14.1. The van der Waals surface area contributed by atoms with E-state index in [0.717, 1.165) is 10.4 Å². The Kier molecular flexibility index (Phi) is 7.53. The Morgan fingerprint density at radius 1 is 1.48 bits per heavy atom. The van der Waals surface area contributed by atoms with E-state index in [-0.39, 0.29) is 13.2 Å². The second kappa shape index (κ2) is 9.14. The molecular formula is C15H23N3O4S. The topological polar surface area (TPSA) is 80.2 Å². The average molecular weight is 341 g/mol. The van der Waals surface area contributed by atoms with E-state index in [1.807, 2.05) is 19.2 Å². The smallest absolute Gasteiger partial charge is 0.412 e. The van der Waals surface area contributed by atoms with Crippen molar-refractivity contribution < 1.29 is 19.1 Å². The van der Waals surface area contributed by atoms with Crippen LogP contribution in [0.4, 0.5) is 10.5 Å². The number of likely N-dealkylation sites (N-methyl/N-ethyl adjacent to an activating group) is 1. The number of carbonyl (C=O) groups excluding carboxylic acids is 2. The van der Waals surface area contributed by atoms with Gasteiger partial charge in [0.2, 0.25) is 6.10 Å². The zero-order valence-corrected chi connectivity index (χ0v) is 14.9. The number of aryl methyl sites for hydroxylation is 2. The van der Waals surface area contributed by atoms with Crippen molar-refractivity contribution in [3.05, 3.63) is 15.8 Å². The van der Waals surface area contributed by atoms with Gasteiger partial charge in [0.25, 0.3) is 0 Å². The number of ether oxygens (including phenoxy) is 2. The third-order valence-corrected chi connectivity index (χ3v) is 3.96. The van der Waals surface area contributed by atoms with Crippen LogP contribution in [0.5, 0.6) is 0 Å². The normalized spacial score (nSPS) is 12.0. The summed E-state index contributed by atoms with van der Waals surface area (Å²) in [6, 6.07) is 0. The van der Waals surface area contributed by atoms with Crippen molar-refractivity contribution >= 4 is 35.3 Å². The van der Waals surface area contributed by atoms with Crippen LogP contribution in [0.3, 0.4) is 0 Å². The van der Waals surface area contributed by atoms with Crippen molar-refractivity contribution in [2.75, 3.05) is 25.5 Å². The molecule has 0 spiro atoms. The molecule has 0 fully saturated rings. The van der Waals surface area contributed by atoms with Gasteiger partial charge in [-0.05, 0) is 38.6 Å². The number of amides is 1. The molecular weight excluding hydrogens is 318 g/mol. The molecule has 128 valence electrons. The fourth-order valence-corrected chi connectivity index (χ4v) is 2.70. The molecule has 0 aliphatic rings. The molecule has 23 heavy (non-hydrogen) atoms. The predicted molar refractivity (Wildman–Crippen MR) is 91.1 cm³/mol. The molecule has 8 heteroatoms. The average Bonchev–Trinajstić information content (AvgIpc) is 2.79. The standard InChI is InChI=1S/C15H23N3O4S/c1-6-16-18(5)8-12(14(19)21-7-2)22-15(20)17-13-10(3)9-23-11(13)4/h6,9,12H,7-8H2,1-5H3,(H,17,20)/b16-6-. The molecule has 1 atom stereocenters. The maximum absolute atomic E-state index is 12.1. The second-order valence-corrected chi connectivity index (χ2v) is 5.92. The van der Waals surface area contributed by atoms with E-state index in [2.05, 4.69) is 10.4 Å². The first-order valence-corrected chi connectivity index (χ1v) is 8.15. The quantitative estimate of drug-likeness (QED) is 0.468. The van der Waals surface area contributed by atoms with Gasteiger partial charge in [0.05, 0.1) is 18.8 Å². The Bertz CT molecular complexity index is 552. The molecule has 1 aromatic rings. The lowest BCUT2D eigenvalue weighted by Gasteiger charge is -2.21. The van der Waals surface area contributed by atoms with E-state index in [1.165, 1.54) is 16.3 Å². The van der Waals surface area contributed by atoms with Crippen molar-refractivity contribution in [1.82, 2.24) is 5.01 Å². The van der Waals surface area contributed by atoms with Crippen LogP contribution in [-0.2, 0) is 14.3 Å². The number of nitrogens with zero attached hydrogens (tertiary/aromatic N) is 2. The maximum atomic E-state index is 12.1. The molecule has 1 N–H and O–H groups in total. The lowest BCUT2D eigenvalue weighted by molar-refractivity contribution is -0.153. The van der Waals surface area contributed by atoms with E-state index in [1.54, 1.807) is 27.1 Å². The fourth-order valence-electron chi connectivity index (χ4n) is 1.90. The van der Waals surface area contributed by atoms with E-state index < -0.39 is 18.2 Å². The molecule has 1 unspecified atom stereocenters. The van der Waals surface area contributed by atoms with E-state index in [9.17, 15) is 9.59 Å². The summed E-state index contributed by atoms with van der Waals surface area (Å²) in [5.41, 5.74) is 1.66. The Morgan fingerprint density at radius 3 is 2.70 bits per heavy atom. The molecule has 1 amide bonds. The molecule has 0 aromatic carbocycles. The number of hydrazone groups is 1. The Balaban J connectivity index is 2.75. The first-order valence-electron chi connectivity index (χ1n) is 7.27. The molecule has 0 saturated heterocycles. The van der Waals surface area contributed by atoms with Crippen LogP contribution in [0.2, 0.25) is 0 Å². The molecule has 1 rings (SSSR count). The summed E-state index contributed by atoms with van der Waals surface area (Å²) in [5.74, 6) is -0.598. The number of thiophene rings is 1. The van der Waals surface area contributed by atoms with Gasteiger partial charge in [0, 0.05) is 18.1 Å². The predicted octanol–water partition coefficient (Wildman–Crippen LogP) is 2.78. The van der Waals surface area contributed by atoms with Gasteiger partial charge in [-0.15, -0.1) is 11.3 Å². The number of carbonyl (C=O) groups is 2. The number of anilines is 1. The molecule has 0 bridgehead atoms. The van der Waals surface area contributed by atoms with Gasteiger partial charge in [-0.25, -0.2) is 9.59 Å². The number of hydrogen-bond donors (Lipinski definition) is 1. The molecule has 1 aromatic heterocycles. The van der Waals surface area contributed by atoms with Gasteiger partial charge in [0.15, 0.2) is 0 Å². The molecule has 0 radical (unpaired) electrons. The Hall–Kier alpha value is -2.09. The highest BCUT2D eigenvalue weighted by molar-refractivity contribution is 7.10. The summed E-state index contributed by atoms with van der Waals surface area (Å²) in [6.45, 7) is 7.57. The minimum atomic E-state index is -1.05. The van der Waals surface area contributed by atoms with E-state index >= 15 is 0 Å². The Morgan fingerprint density at radius 2 is 2.17 bits per heavy atom. The van der Waals surface area contributed by atoms with Crippen LogP contribution >= 0.6 is 11.3 Å². The van der Waals surface area contributed by atoms with Crippen LogP contribution in [0, 0.1) is 13.8 Å². The van der Waals surface area contributed by atoms with Crippen molar-refractivity contribution in [3.8, 4) is 0 Å². The second-order valence-electron chi connectivity index (χ2n) is 4.83. The summed E-state index contributed by atoms with van der Waals surface area (Å²) < 4.78 is 10.2. The number of nitrogens with one attached hydrogen (secondary N) is 1. The first kappa shape index (κ1) is 19.0. The highest BCUT2D eigenvalue weighted by atomic mass is 32.1. The van der Waals surface area contributed by atoms with Crippen LogP contribution in [0.25, 0.3) is 0 Å². The third-order valence-electron chi connectivity index (χ3n) is 2.93. The van der Waals surface area contributed by atoms with Crippen LogP contribution in [0.15, 0.2) is 10.5 Å². The molecule has 0 aliphatic heterocycles. The minimum Gasteiger partial charge on any atom is -0.463 e.